The Morgan fingerprint density at radius 1 is 1.07 bits per heavy atom. The number of carbonyl (C=O) groups excluding carboxylic acids is 1. The summed E-state index contributed by atoms with van der Waals surface area (Å²) < 4.78 is 32.6. The van der Waals surface area contributed by atoms with Crippen molar-refractivity contribution in [2.45, 2.75) is 56.9 Å². The Morgan fingerprint density at radius 3 is 2.47 bits per heavy atom. The van der Waals surface area contributed by atoms with Crippen LogP contribution in [0.4, 0.5) is 0 Å². The first-order valence-electron chi connectivity index (χ1n) is 10.5. The van der Waals surface area contributed by atoms with E-state index in [9.17, 15) is 13.2 Å². The summed E-state index contributed by atoms with van der Waals surface area (Å²) in [5, 5.41) is 2.96. The van der Waals surface area contributed by atoms with Gasteiger partial charge in [-0.1, -0.05) is 18.2 Å². The van der Waals surface area contributed by atoms with Crippen LogP contribution in [-0.2, 0) is 27.7 Å². The molecule has 0 aromatic heterocycles. The highest BCUT2D eigenvalue weighted by Crippen LogP contribution is 2.24. The number of rotatable bonds is 9. The molecule has 7 heteroatoms. The molecule has 0 aliphatic heterocycles. The third-order valence-corrected chi connectivity index (χ3v) is 6.82. The molecule has 1 aliphatic rings. The number of ether oxygens (including phenoxy) is 1. The number of fused-ring (bicyclic) bond motifs is 1. The molecular weight excluding hydrogens is 400 g/mol. The number of amides is 1. The maximum atomic E-state index is 12.4. The monoisotopic (exact) mass is 430 g/mol. The molecule has 1 amide bonds. The van der Waals surface area contributed by atoms with Crippen molar-refractivity contribution in [2.24, 2.45) is 0 Å². The van der Waals surface area contributed by atoms with Crippen molar-refractivity contribution >= 4 is 15.9 Å². The van der Waals surface area contributed by atoms with Crippen LogP contribution in [-0.4, -0.2) is 27.5 Å². The van der Waals surface area contributed by atoms with Gasteiger partial charge < -0.3 is 10.1 Å². The molecule has 0 saturated carbocycles. The quantitative estimate of drug-likeness (QED) is 0.638. The normalized spacial score (nSPS) is 14.6. The lowest BCUT2D eigenvalue weighted by molar-refractivity contribution is -0.121. The number of hydrogen-bond acceptors (Lipinski definition) is 4. The zero-order valence-corrected chi connectivity index (χ0v) is 18.4. The maximum absolute atomic E-state index is 12.4. The Labute approximate surface area is 179 Å². The number of benzene rings is 2. The lowest BCUT2D eigenvalue weighted by Gasteiger charge is -2.20. The Bertz CT molecular complexity index is 971. The summed E-state index contributed by atoms with van der Waals surface area (Å²) >= 11 is 0. The summed E-state index contributed by atoms with van der Waals surface area (Å²) in [6.45, 7) is 4.37. The molecule has 162 valence electrons. The van der Waals surface area contributed by atoms with E-state index in [1.165, 1.54) is 36.1 Å². The fraction of sp³-hybridized carbons (Fsp3) is 0.435. The third-order valence-electron chi connectivity index (χ3n) is 5.34. The SMILES string of the molecule is CCOc1ccc(S(=O)(=O)NCCC(=O)NC(C)c2ccc3c(c2)CCCC3)cc1. The van der Waals surface area contributed by atoms with Gasteiger partial charge in [0.05, 0.1) is 17.5 Å². The molecule has 0 bridgehead atoms. The van der Waals surface area contributed by atoms with Gasteiger partial charge in [-0.3, -0.25) is 4.79 Å². The van der Waals surface area contributed by atoms with Gasteiger partial charge >= 0.3 is 0 Å². The van der Waals surface area contributed by atoms with Gasteiger partial charge in [0.2, 0.25) is 15.9 Å². The second-order valence-electron chi connectivity index (χ2n) is 7.58. The van der Waals surface area contributed by atoms with Crippen LogP contribution >= 0.6 is 0 Å². The van der Waals surface area contributed by atoms with Crippen molar-refractivity contribution in [2.75, 3.05) is 13.2 Å². The zero-order chi connectivity index (χ0) is 21.6. The minimum Gasteiger partial charge on any atom is -0.494 e. The predicted molar refractivity (Wildman–Crippen MR) is 117 cm³/mol. The van der Waals surface area contributed by atoms with Crippen LogP contribution in [0, 0.1) is 0 Å². The van der Waals surface area contributed by atoms with E-state index in [0.29, 0.717) is 12.4 Å². The van der Waals surface area contributed by atoms with E-state index in [-0.39, 0.29) is 29.8 Å². The lowest BCUT2D eigenvalue weighted by atomic mass is 9.89. The maximum Gasteiger partial charge on any atom is 0.240 e. The van der Waals surface area contributed by atoms with Crippen molar-refractivity contribution in [3.05, 3.63) is 59.2 Å². The Morgan fingerprint density at radius 2 is 1.77 bits per heavy atom. The second-order valence-corrected chi connectivity index (χ2v) is 9.34. The zero-order valence-electron chi connectivity index (χ0n) is 17.6. The average molecular weight is 431 g/mol. The predicted octanol–water partition coefficient (Wildman–Crippen LogP) is 3.51. The topological polar surface area (TPSA) is 84.5 Å². The highest BCUT2D eigenvalue weighted by atomic mass is 32.2. The smallest absolute Gasteiger partial charge is 0.240 e. The van der Waals surface area contributed by atoms with E-state index in [0.717, 1.165) is 18.4 Å². The number of sulfonamides is 1. The standard InChI is InChI=1S/C23H30N2O4S/c1-3-29-21-10-12-22(13-11-21)30(27,28)24-15-14-23(26)25-17(2)19-9-8-18-6-4-5-7-20(18)16-19/h8-13,16-17,24H,3-7,14-15H2,1-2H3,(H,25,26). The Hall–Kier alpha value is -2.38. The molecule has 2 aromatic rings. The highest BCUT2D eigenvalue weighted by molar-refractivity contribution is 7.89. The largest absolute Gasteiger partial charge is 0.494 e. The molecule has 1 atom stereocenters. The van der Waals surface area contributed by atoms with Gasteiger partial charge in [-0.2, -0.15) is 0 Å². The first-order valence-corrected chi connectivity index (χ1v) is 12.0. The summed E-state index contributed by atoms with van der Waals surface area (Å²) in [5.74, 6) is 0.432. The van der Waals surface area contributed by atoms with Crippen molar-refractivity contribution in [3.63, 3.8) is 0 Å². The molecule has 6 nitrogen and oxygen atoms in total. The Kier molecular flexibility index (Phi) is 7.50. The summed E-state index contributed by atoms with van der Waals surface area (Å²) in [6.07, 6.45) is 4.75. The molecule has 30 heavy (non-hydrogen) atoms. The molecule has 0 radical (unpaired) electrons. The molecule has 0 saturated heterocycles. The van der Waals surface area contributed by atoms with Gasteiger partial charge in [0, 0.05) is 13.0 Å². The molecular formula is C23H30N2O4S. The number of aryl methyl sites for hydroxylation is 2. The minimum absolute atomic E-state index is 0.0400. The van der Waals surface area contributed by atoms with Crippen LogP contribution in [0.5, 0.6) is 5.75 Å². The van der Waals surface area contributed by atoms with E-state index in [2.05, 4.69) is 28.2 Å². The van der Waals surface area contributed by atoms with E-state index < -0.39 is 10.0 Å². The van der Waals surface area contributed by atoms with Crippen LogP contribution in [0.15, 0.2) is 47.4 Å². The lowest BCUT2D eigenvalue weighted by Crippen LogP contribution is -2.32. The van der Waals surface area contributed by atoms with Gasteiger partial charge in [-0.25, -0.2) is 13.1 Å². The van der Waals surface area contributed by atoms with Gasteiger partial charge in [-0.15, -0.1) is 0 Å². The van der Waals surface area contributed by atoms with Crippen LogP contribution in [0.3, 0.4) is 0 Å². The van der Waals surface area contributed by atoms with E-state index in [1.54, 1.807) is 12.1 Å². The molecule has 3 rings (SSSR count). The van der Waals surface area contributed by atoms with Crippen LogP contribution < -0.4 is 14.8 Å². The number of carbonyl (C=O) groups is 1. The van der Waals surface area contributed by atoms with Crippen LogP contribution in [0.25, 0.3) is 0 Å². The molecule has 0 spiro atoms. The van der Waals surface area contributed by atoms with Crippen molar-refractivity contribution in [1.29, 1.82) is 0 Å². The molecule has 0 heterocycles. The highest BCUT2D eigenvalue weighted by Gasteiger charge is 2.16. The van der Waals surface area contributed by atoms with Gasteiger partial charge in [0.15, 0.2) is 0 Å². The Balaban J connectivity index is 1.49. The van der Waals surface area contributed by atoms with Crippen molar-refractivity contribution in [1.82, 2.24) is 10.0 Å². The van der Waals surface area contributed by atoms with E-state index in [1.807, 2.05) is 13.8 Å². The van der Waals surface area contributed by atoms with E-state index in [4.69, 9.17) is 4.74 Å². The minimum atomic E-state index is -3.66. The first-order chi connectivity index (χ1) is 14.4. The summed E-state index contributed by atoms with van der Waals surface area (Å²) in [5.41, 5.74) is 3.87. The summed E-state index contributed by atoms with van der Waals surface area (Å²) in [6, 6.07) is 12.5. The number of hydrogen-bond donors (Lipinski definition) is 2. The van der Waals surface area contributed by atoms with Crippen molar-refractivity contribution in [3.8, 4) is 5.75 Å². The molecule has 2 N–H and O–H groups in total. The summed E-state index contributed by atoms with van der Waals surface area (Å²) in [7, 11) is -3.66. The fourth-order valence-electron chi connectivity index (χ4n) is 3.68. The molecule has 2 aromatic carbocycles. The molecule has 0 fully saturated rings. The van der Waals surface area contributed by atoms with Gasteiger partial charge in [-0.05, 0) is 80.5 Å². The first kappa shape index (κ1) is 22.3. The average Bonchev–Trinajstić information content (AvgIpc) is 2.74. The molecule has 1 aliphatic carbocycles. The fourth-order valence-corrected chi connectivity index (χ4v) is 4.72. The summed E-state index contributed by atoms with van der Waals surface area (Å²) in [4.78, 5) is 12.4. The van der Waals surface area contributed by atoms with E-state index >= 15 is 0 Å². The second kappa shape index (κ2) is 10.1. The van der Waals surface area contributed by atoms with Gasteiger partial charge in [0.25, 0.3) is 0 Å². The molecule has 1 unspecified atom stereocenters. The van der Waals surface area contributed by atoms with Crippen LogP contribution in [0.2, 0.25) is 0 Å². The number of nitrogens with one attached hydrogen (secondary N) is 2. The van der Waals surface area contributed by atoms with Crippen LogP contribution in [0.1, 0.15) is 55.8 Å². The van der Waals surface area contributed by atoms with Gasteiger partial charge in [0.1, 0.15) is 5.75 Å². The van der Waals surface area contributed by atoms with Crippen molar-refractivity contribution < 1.29 is 17.9 Å². The third kappa shape index (κ3) is 5.83.